The van der Waals surface area contributed by atoms with Crippen molar-refractivity contribution in [3.05, 3.63) is 33.9 Å². The lowest BCUT2D eigenvalue weighted by Gasteiger charge is -2.36. The van der Waals surface area contributed by atoms with Crippen LogP contribution in [0.3, 0.4) is 0 Å². The normalized spacial score (nSPS) is 17.9. The van der Waals surface area contributed by atoms with Crippen molar-refractivity contribution >= 4 is 17.3 Å². The van der Waals surface area contributed by atoms with Gasteiger partial charge in [0.05, 0.1) is 23.3 Å². The maximum absolute atomic E-state index is 11.9. The highest BCUT2D eigenvalue weighted by Gasteiger charge is 2.31. The van der Waals surface area contributed by atoms with Gasteiger partial charge in [-0.25, -0.2) is 4.79 Å². The van der Waals surface area contributed by atoms with Gasteiger partial charge in [0.2, 0.25) is 0 Å². The van der Waals surface area contributed by atoms with E-state index in [2.05, 4.69) is 0 Å². The third-order valence-corrected chi connectivity index (χ3v) is 3.60. The quantitative estimate of drug-likeness (QED) is 0.479. The van der Waals surface area contributed by atoms with Gasteiger partial charge in [-0.3, -0.25) is 10.1 Å². The van der Waals surface area contributed by atoms with Crippen molar-refractivity contribution in [3.8, 4) is 6.07 Å². The van der Waals surface area contributed by atoms with E-state index < -0.39 is 11.0 Å². The lowest BCUT2D eigenvalue weighted by molar-refractivity contribution is -0.384. The predicted octanol–water partition coefficient (Wildman–Crippen LogP) is 2.00. The topological polar surface area (TPSA) is 96.5 Å². The van der Waals surface area contributed by atoms with E-state index in [-0.39, 0.29) is 17.2 Å². The average Bonchev–Trinajstić information content (AvgIpc) is 2.53. The van der Waals surface area contributed by atoms with E-state index in [4.69, 9.17) is 4.74 Å². The minimum absolute atomic E-state index is 0.137. The molecule has 0 aromatic heterocycles. The maximum atomic E-state index is 11.9. The maximum Gasteiger partial charge on any atom is 0.328 e. The Morgan fingerprint density at radius 3 is 2.90 bits per heavy atom. The summed E-state index contributed by atoms with van der Waals surface area (Å²) in [5, 5.41) is 20.0. The van der Waals surface area contributed by atoms with E-state index in [1.54, 1.807) is 4.90 Å². The van der Waals surface area contributed by atoms with Gasteiger partial charge in [0.15, 0.2) is 0 Å². The van der Waals surface area contributed by atoms with Gasteiger partial charge in [-0.05, 0) is 25.3 Å². The van der Waals surface area contributed by atoms with Gasteiger partial charge in [-0.1, -0.05) is 0 Å². The van der Waals surface area contributed by atoms with Crippen LogP contribution >= 0.6 is 0 Å². The molecule has 1 aromatic rings. The Morgan fingerprint density at radius 2 is 2.29 bits per heavy atom. The van der Waals surface area contributed by atoms with E-state index in [1.807, 2.05) is 6.07 Å². The lowest BCUT2D eigenvalue weighted by Crippen LogP contribution is -2.45. The number of esters is 1. The molecule has 1 atom stereocenters. The van der Waals surface area contributed by atoms with Gasteiger partial charge in [0.25, 0.3) is 5.69 Å². The van der Waals surface area contributed by atoms with Crippen LogP contribution < -0.4 is 4.90 Å². The van der Waals surface area contributed by atoms with Gasteiger partial charge in [0.1, 0.15) is 12.1 Å². The molecule has 0 N–H and O–H groups in total. The molecule has 1 heterocycles. The summed E-state index contributed by atoms with van der Waals surface area (Å²) in [4.78, 5) is 23.9. The van der Waals surface area contributed by atoms with Gasteiger partial charge in [0, 0.05) is 18.7 Å². The number of carbonyl (C=O) groups is 1. The van der Waals surface area contributed by atoms with Crippen LogP contribution in [0.2, 0.25) is 0 Å². The first-order valence-corrected chi connectivity index (χ1v) is 6.61. The summed E-state index contributed by atoms with van der Waals surface area (Å²) >= 11 is 0. The largest absolute Gasteiger partial charge is 0.467 e. The molecule has 110 valence electrons. The molecule has 2 rings (SSSR count). The first-order chi connectivity index (χ1) is 10.1. The highest BCUT2D eigenvalue weighted by Crippen LogP contribution is 2.30. The molecule has 0 aliphatic carbocycles. The average molecular weight is 289 g/mol. The van der Waals surface area contributed by atoms with Crippen molar-refractivity contribution in [1.29, 1.82) is 5.26 Å². The summed E-state index contributed by atoms with van der Waals surface area (Å²) in [6, 6.07) is 5.63. The minimum atomic E-state index is -0.543. The zero-order valence-corrected chi connectivity index (χ0v) is 11.6. The fourth-order valence-corrected chi connectivity index (χ4v) is 2.58. The molecule has 0 spiro atoms. The van der Waals surface area contributed by atoms with Gasteiger partial charge in [-0.2, -0.15) is 5.26 Å². The second kappa shape index (κ2) is 6.22. The van der Waals surface area contributed by atoms with Gasteiger partial charge < -0.3 is 9.64 Å². The second-order valence-corrected chi connectivity index (χ2v) is 4.80. The first-order valence-electron chi connectivity index (χ1n) is 6.61. The fraction of sp³-hybridized carbons (Fsp3) is 0.429. The summed E-state index contributed by atoms with van der Waals surface area (Å²) < 4.78 is 4.81. The summed E-state index contributed by atoms with van der Waals surface area (Å²) in [6.07, 6.45) is 2.45. The Bertz CT molecular complexity index is 609. The minimum Gasteiger partial charge on any atom is -0.467 e. The summed E-state index contributed by atoms with van der Waals surface area (Å²) in [6.45, 7) is 0.617. The van der Waals surface area contributed by atoms with Crippen molar-refractivity contribution < 1.29 is 14.5 Å². The molecule has 0 bridgehead atoms. The SMILES string of the molecule is COC(=O)C1CCCCN1c1ccc([N+](=O)[O-])cc1C#N. The molecule has 21 heavy (non-hydrogen) atoms. The van der Waals surface area contributed by atoms with E-state index in [9.17, 15) is 20.2 Å². The summed E-state index contributed by atoms with van der Waals surface area (Å²) in [5.74, 6) is -0.350. The number of carbonyl (C=O) groups excluding carboxylic acids is 1. The Morgan fingerprint density at radius 1 is 1.52 bits per heavy atom. The number of nitro benzene ring substituents is 1. The Kier molecular flexibility index (Phi) is 4.38. The Hall–Kier alpha value is -2.62. The van der Waals surface area contributed by atoms with Crippen molar-refractivity contribution in [1.82, 2.24) is 0 Å². The lowest BCUT2D eigenvalue weighted by atomic mass is 9.99. The number of nitriles is 1. The zero-order chi connectivity index (χ0) is 15.4. The predicted molar refractivity (Wildman–Crippen MR) is 74.8 cm³/mol. The molecule has 0 amide bonds. The third kappa shape index (κ3) is 2.94. The van der Waals surface area contributed by atoms with Crippen molar-refractivity contribution in [3.63, 3.8) is 0 Å². The van der Waals surface area contributed by atoms with Crippen LogP contribution in [0.25, 0.3) is 0 Å². The van der Waals surface area contributed by atoms with Crippen LogP contribution in [0.4, 0.5) is 11.4 Å². The van der Waals surface area contributed by atoms with E-state index in [0.29, 0.717) is 18.7 Å². The van der Waals surface area contributed by atoms with E-state index >= 15 is 0 Å². The number of non-ortho nitro benzene ring substituents is 1. The number of methoxy groups -OCH3 is 1. The van der Waals surface area contributed by atoms with Crippen LogP contribution in [0.15, 0.2) is 18.2 Å². The molecule has 1 fully saturated rings. The number of hydrogen-bond acceptors (Lipinski definition) is 6. The van der Waals surface area contributed by atoms with E-state index in [0.717, 1.165) is 12.8 Å². The highest BCUT2D eigenvalue weighted by molar-refractivity contribution is 5.81. The van der Waals surface area contributed by atoms with Crippen molar-refractivity contribution in [2.45, 2.75) is 25.3 Å². The standard InChI is InChI=1S/C14H15N3O4/c1-21-14(18)13-4-2-3-7-16(13)12-6-5-11(17(19)20)8-10(12)9-15/h5-6,8,13H,2-4,7H2,1H3. The Labute approximate surface area is 121 Å². The van der Waals surface area contributed by atoms with Crippen LogP contribution in [0.5, 0.6) is 0 Å². The van der Waals surface area contributed by atoms with Crippen LogP contribution in [-0.2, 0) is 9.53 Å². The molecular weight excluding hydrogens is 274 g/mol. The number of benzene rings is 1. The molecular formula is C14H15N3O4. The second-order valence-electron chi connectivity index (χ2n) is 4.80. The summed E-state index contributed by atoms with van der Waals surface area (Å²) in [7, 11) is 1.33. The first kappa shape index (κ1) is 14.8. The van der Waals surface area contributed by atoms with E-state index in [1.165, 1.54) is 25.3 Å². The molecule has 1 aliphatic rings. The molecule has 0 saturated carbocycles. The zero-order valence-electron chi connectivity index (χ0n) is 11.6. The van der Waals surface area contributed by atoms with Crippen LogP contribution in [0.1, 0.15) is 24.8 Å². The van der Waals surface area contributed by atoms with Crippen LogP contribution in [0, 0.1) is 21.4 Å². The molecule has 1 saturated heterocycles. The number of rotatable bonds is 3. The van der Waals surface area contributed by atoms with Gasteiger partial charge >= 0.3 is 5.97 Å². The molecule has 0 radical (unpaired) electrons. The molecule has 1 aromatic carbocycles. The molecule has 1 unspecified atom stereocenters. The number of piperidine rings is 1. The smallest absolute Gasteiger partial charge is 0.328 e. The van der Waals surface area contributed by atoms with Gasteiger partial charge in [-0.15, -0.1) is 0 Å². The van der Waals surface area contributed by atoms with Crippen molar-refractivity contribution in [2.75, 3.05) is 18.6 Å². The van der Waals surface area contributed by atoms with Crippen molar-refractivity contribution in [2.24, 2.45) is 0 Å². The monoisotopic (exact) mass is 289 g/mol. The molecule has 1 aliphatic heterocycles. The highest BCUT2D eigenvalue weighted by atomic mass is 16.6. The number of ether oxygens (including phenoxy) is 1. The number of nitro groups is 1. The van der Waals surface area contributed by atoms with Crippen LogP contribution in [-0.4, -0.2) is 30.6 Å². The number of anilines is 1. The third-order valence-electron chi connectivity index (χ3n) is 3.60. The Balaban J connectivity index is 2.41. The molecule has 7 heteroatoms. The number of nitrogens with zero attached hydrogens (tertiary/aromatic N) is 3. The molecule has 7 nitrogen and oxygen atoms in total. The number of hydrogen-bond donors (Lipinski definition) is 0. The summed E-state index contributed by atoms with van der Waals surface area (Å²) in [5.41, 5.74) is 0.597. The fourth-order valence-electron chi connectivity index (χ4n) is 2.58.